The Morgan fingerprint density at radius 2 is 2.13 bits per heavy atom. The Morgan fingerprint density at radius 3 is 2.91 bits per heavy atom. The highest BCUT2D eigenvalue weighted by atomic mass is 16.6. The molecule has 0 saturated carbocycles. The maximum Gasteiger partial charge on any atom is 0.290 e. The molecule has 0 radical (unpaired) electrons. The Bertz CT molecular complexity index is 639. The van der Waals surface area contributed by atoms with Crippen molar-refractivity contribution in [1.29, 1.82) is 0 Å². The molecule has 5 nitrogen and oxygen atoms in total. The number of para-hydroxylation sites is 1. The molecule has 0 spiro atoms. The number of ether oxygens (including phenoxy) is 1. The molecule has 1 aliphatic rings. The molecule has 1 aromatic carbocycles. The second kappa shape index (κ2) is 7.33. The molecule has 5 heteroatoms. The number of furan rings is 1. The van der Waals surface area contributed by atoms with Crippen molar-refractivity contribution in [2.24, 2.45) is 5.92 Å². The van der Waals surface area contributed by atoms with E-state index in [0.717, 1.165) is 19.5 Å². The maximum absolute atomic E-state index is 12.2. The summed E-state index contributed by atoms with van der Waals surface area (Å²) in [6.07, 6.45) is 2.35. The zero-order chi connectivity index (χ0) is 16.1. The van der Waals surface area contributed by atoms with Crippen molar-refractivity contribution < 1.29 is 13.9 Å². The minimum absolute atomic E-state index is 0.193. The number of carbonyl (C=O) groups excluding carboxylic acids is 1. The Balaban J connectivity index is 1.52. The second-order valence-electron chi connectivity index (χ2n) is 6.01. The van der Waals surface area contributed by atoms with Crippen LogP contribution in [0.3, 0.4) is 0 Å². The predicted octanol–water partition coefficient (Wildman–Crippen LogP) is 3.14. The van der Waals surface area contributed by atoms with Crippen molar-refractivity contribution in [2.75, 3.05) is 26.7 Å². The van der Waals surface area contributed by atoms with Crippen molar-refractivity contribution in [1.82, 2.24) is 10.2 Å². The van der Waals surface area contributed by atoms with E-state index in [1.807, 2.05) is 30.3 Å². The van der Waals surface area contributed by atoms with Crippen LogP contribution in [-0.2, 0) is 0 Å². The maximum atomic E-state index is 12.2. The van der Waals surface area contributed by atoms with Gasteiger partial charge in [0.15, 0.2) is 5.76 Å². The zero-order valence-corrected chi connectivity index (χ0v) is 13.3. The van der Waals surface area contributed by atoms with Gasteiger partial charge < -0.3 is 19.4 Å². The molecule has 0 unspecified atom stereocenters. The van der Waals surface area contributed by atoms with Gasteiger partial charge >= 0.3 is 0 Å². The second-order valence-corrected chi connectivity index (χ2v) is 6.01. The van der Waals surface area contributed by atoms with Crippen molar-refractivity contribution >= 4 is 5.91 Å². The van der Waals surface area contributed by atoms with Gasteiger partial charge in [0, 0.05) is 19.2 Å². The van der Waals surface area contributed by atoms with Gasteiger partial charge in [0.1, 0.15) is 5.75 Å². The van der Waals surface area contributed by atoms with Crippen molar-refractivity contribution in [3.63, 3.8) is 0 Å². The van der Waals surface area contributed by atoms with Crippen molar-refractivity contribution in [3.8, 4) is 11.7 Å². The third-order valence-electron chi connectivity index (χ3n) is 4.04. The lowest BCUT2D eigenvalue weighted by atomic mass is 9.98. The fraction of sp³-hybridized carbons (Fsp3) is 0.389. The molecule has 2 heterocycles. The van der Waals surface area contributed by atoms with Gasteiger partial charge in [0.25, 0.3) is 11.9 Å². The lowest BCUT2D eigenvalue weighted by Gasteiger charge is -2.29. The Kier molecular flexibility index (Phi) is 4.98. The van der Waals surface area contributed by atoms with E-state index >= 15 is 0 Å². The van der Waals surface area contributed by atoms with Gasteiger partial charge in [-0.25, -0.2) is 0 Å². The average Bonchev–Trinajstić information content (AvgIpc) is 3.02. The molecule has 23 heavy (non-hydrogen) atoms. The standard InChI is InChI=1S/C18H22N2O3/c1-20-11-5-6-14(13-20)12-19-18(21)16-9-10-17(23-16)22-15-7-3-2-4-8-15/h2-4,7-10,14H,5-6,11-13H2,1H3,(H,19,21)/t14-/m1/s1. The van der Waals surface area contributed by atoms with Crippen LogP contribution in [0.2, 0.25) is 0 Å². The van der Waals surface area contributed by atoms with Gasteiger partial charge in [0.05, 0.1) is 0 Å². The number of piperidine rings is 1. The zero-order valence-electron chi connectivity index (χ0n) is 13.3. The molecule has 1 N–H and O–H groups in total. The third kappa shape index (κ3) is 4.36. The first kappa shape index (κ1) is 15.6. The molecule has 1 aliphatic heterocycles. The fourth-order valence-corrected chi connectivity index (χ4v) is 2.87. The van der Waals surface area contributed by atoms with Crippen LogP contribution in [-0.4, -0.2) is 37.5 Å². The molecule has 122 valence electrons. The van der Waals surface area contributed by atoms with E-state index in [1.54, 1.807) is 12.1 Å². The molecule has 1 amide bonds. The number of rotatable bonds is 5. The number of hydrogen-bond donors (Lipinski definition) is 1. The van der Waals surface area contributed by atoms with Gasteiger partial charge in [-0.2, -0.15) is 0 Å². The monoisotopic (exact) mass is 314 g/mol. The van der Waals surface area contributed by atoms with E-state index in [-0.39, 0.29) is 11.7 Å². The number of nitrogens with zero attached hydrogens (tertiary/aromatic N) is 1. The molecule has 1 aromatic heterocycles. The summed E-state index contributed by atoms with van der Waals surface area (Å²) in [5.41, 5.74) is 0. The van der Waals surface area contributed by atoms with Gasteiger partial charge in [-0.15, -0.1) is 0 Å². The highest BCUT2D eigenvalue weighted by molar-refractivity contribution is 5.91. The first-order chi connectivity index (χ1) is 11.2. The first-order valence-electron chi connectivity index (χ1n) is 8.00. The van der Waals surface area contributed by atoms with E-state index in [9.17, 15) is 4.79 Å². The van der Waals surface area contributed by atoms with Crippen LogP contribution < -0.4 is 10.1 Å². The molecule has 3 rings (SSSR count). The third-order valence-corrected chi connectivity index (χ3v) is 4.04. The van der Waals surface area contributed by atoms with Gasteiger partial charge in [-0.1, -0.05) is 18.2 Å². The molecule has 1 atom stereocenters. The number of hydrogen-bond acceptors (Lipinski definition) is 4. The van der Waals surface area contributed by atoms with E-state index in [2.05, 4.69) is 17.3 Å². The summed E-state index contributed by atoms with van der Waals surface area (Å²) in [5, 5.41) is 2.95. The summed E-state index contributed by atoms with van der Waals surface area (Å²) >= 11 is 0. The summed E-state index contributed by atoms with van der Waals surface area (Å²) in [6, 6.07) is 12.7. The topological polar surface area (TPSA) is 54.7 Å². The largest absolute Gasteiger partial charge is 0.426 e. The quantitative estimate of drug-likeness (QED) is 0.921. The predicted molar refractivity (Wildman–Crippen MR) is 87.8 cm³/mol. The van der Waals surface area contributed by atoms with Crippen LogP contribution in [0.1, 0.15) is 23.4 Å². The minimum Gasteiger partial charge on any atom is -0.426 e. The average molecular weight is 314 g/mol. The van der Waals surface area contributed by atoms with E-state index in [1.165, 1.54) is 6.42 Å². The molecule has 1 saturated heterocycles. The summed E-state index contributed by atoms with van der Waals surface area (Å²) < 4.78 is 11.0. The number of nitrogens with one attached hydrogen (secondary N) is 1. The highest BCUT2D eigenvalue weighted by Gasteiger charge is 2.19. The number of amides is 1. The number of benzene rings is 1. The van der Waals surface area contributed by atoms with Gasteiger partial charge in [-0.05, 0) is 50.6 Å². The normalized spacial score (nSPS) is 18.6. The SMILES string of the molecule is CN1CCC[C@H](CNC(=O)c2ccc(Oc3ccccc3)o2)C1. The number of likely N-dealkylation sites (tertiary alicyclic amines) is 1. The molecule has 0 bridgehead atoms. The van der Waals surface area contributed by atoms with Crippen LogP contribution in [0.5, 0.6) is 11.7 Å². The smallest absolute Gasteiger partial charge is 0.290 e. The molecular formula is C18H22N2O3. The van der Waals surface area contributed by atoms with E-state index in [4.69, 9.17) is 9.15 Å². The Morgan fingerprint density at radius 1 is 1.30 bits per heavy atom. The van der Waals surface area contributed by atoms with Crippen LogP contribution in [0.25, 0.3) is 0 Å². The van der Waals surface area contributed by atoms with Gasteiger partial charge in [-0.3, -0.25) is 4.79 Å². The lowest BCUT2D eigenvalue weighted by Crippen LogP contribution is -2.39. The van der Waals surface area contributed by atoms with Crippen molar-refractivity contribution in [2.45, 2.75) is 12.8 Å². The Labute approximate surface area is 136 Å². The summed E-state index contributed by atoms with van der Waals surface area (Å²) in [4.78, 5) is 14.5. The molecule has 2 aromatic rings. The van der Waals surface area contributed by atoms with E-state index in [0.29, 0.717) is 24.2 Å². The van der Waals surface area contributed by atoms with E-state index < -0.39 is 0 Å². The van der Waals surface area contributed by atoms with Crippen LogP contribution in [0, 0.1) is 5.92 Å². The molecule has 0 aliphatic carbocycles. The molecule has 1 fully saturated rings. The van der Waals surface area contributed by atoms with Crippen LogP contribution in [0.15, 0.2) is 46.9 Å². The minimum atomic E-state index is -0.193. The lowest BCUT2D eigenvalue weighted by molar-refractivity contribution is 0.0904. The summed E-state index contributed by atoms with van der Waals surface area (Å²) in [7, 11) is 2.12. The fourth-order valence-electron chi connectivity index (χ4n) is 2.87. The number of carbonyl (C=O) groups is 1. The van der Waals surface area contributed by atoms with Crippen LogP contribution in [0.4, 0.5) is 0 Å². The van der Waals surface area contributed by atoms with Crippen LogP contribution >= 0.6 is 0 Å². The Hall–Kier alpha value is -2.27. The molecular weight excluding hydrogens is 292 g/mol. The summed E-state index contributed by atoms with van der Waals surface area (Å²) in [5.74, 6) is 1.59. The summed E-state index contributed by atoms with van der Waals surface area (Å²) in [6.45, 7) is 2.85. The first-order valence-corrected chi connectivity index (χ1v) is 8.00. The van der Waals surface area contributed by atoms with Crippen molar-refractivity contribution in [3.05, 3.63) is 48.2 Å². The van der Waals surface area contributed by atoms with Gasteiger partial charge in [0.2, 0.25) is 0 Å². The highest BCUT2D eigenvalue weighted by Crippen LogP contribution is 2.23.